The van der Waals surface area contributed by atoms with Gasteiger partial charge in [-0.3, -0.25) is 4.79 Å². The Morgan fingerprint density at radius 3 is 2.63 bits per heavy atom. The Morgan fingerprint density at radius 1 is 1.11 bits per heavy atom. The van der Waals surface area contributed by atoms with E-state index < -0.39 is 11.7 Å². The molecule has 0 aliphatic carbocycles. The molecule has 9 nitrogen and oxygen atoms in total. The maximum atomic E-state index is 13.7. The predicted octanol–water partition coefficient (Wildman–Crippen LogP) is 3.60. The number of amides is 1. The minimum Gasteiger partial charge on any atom is -0.379 e. The van der Waals surface area contributed by atoms with E-state index in [4.69, 9.17) is 4.74 Å². The molecule has 4 rings (SSSR count). The molecule has 3 heterocycles. The van der Waals surface area contributed by atoms with E-state index in [1.165, 1.54) is 0 Å². The number of hydrogen-bond acceptors (Lipinski definition) is 8. The third-order valence-electron chi connectivity index (χ3n) is 6.89. The fraction of sp³-hybridized carbons (Fsp3) is 0.577. The highest BCUT2D eigenvalue weighted by molar-refractivity contribution is 5.76. The number of carbonyl (C=O) groups excluding carboxylic acids is 1. The summed E-state index contributed by atoms with van der Waals surface area (Å²) in [4.78, 5) is 26.6. The van der Waals surface area contributed by atoms with Gasteiger partial charge in [0.1, 0.15) is 11.4 Å². The Hall–Kier alpha value is -3.12. The summed E-state index contributed by atoms with van der Waals surface area (Å²) in [5.41, 5.74) is 2.00. The molecule has 12 heteroatoms. The quantitative estimate of drug-likeness (QED) is 0.472. The van der Waals surface area contributed by atoms with Crippen LogP contribution in [0.3, 0.4) is 0 Å². The van der Waals surface area contributed by atoms with E-state index in [-0.39, 0.29) is 24.2 Å². The first-order valence-corrected chi connectivity index (χ1v) is 13.1. The Balaban J connectivity index is 1.44. The first-order chi connectivity index (χ1) is 18.2. The molecular weight excluding hydrogens is 499 g/mol. The van der Waals surface area contributed by atoms with Crippen LogP contribution in [0.2, 0.25) is 0 Å². The van der Waals surface area contributed by atoms with Gasteiger partial charge in [-0.2, -0.15) is 18.2 Å². The van der Waals surface area contributed by atoms with Crippen molar-refractivity contribution < 1.29 is 22.7 Å². The number of nitrogens with zero attached hydrogens (tertiary/aromatic N) is 5. The van der Waals surface area contributed by atoms with Gasteiger partial charge in [0.25, 0.3) is 0 Å². The molecule has 2 aliphatic heterocycles. The van der Waals surface area contributed by atoms with E-state index in [0.717, 1.165) is 55.7 Å². The third-order valence-corrected chi connectivity index (χ3v) is 6.89. The number of rotatable bonds is 9. The number of alkyl halides is 3. The van der Waals surface area contributed by atoms with Crippen molar-refractivity contribution in [3.8, 4) is 0 Å². The molecule has 1 aromatic heterocycles. The second-order valence-electron chi connectivity index (χ2n) is 9.59. The van der Waals surface area contributed by atoms with Gasteiger partial charge in [-0.1, -0.05) is 6.92 Å². The Bertz CT molecular complexity index is 1090. The number of carbonyl (C=O) groups is 1. The van der Waals surface area contributed by atoms with Crippen LogP contribution in [0.4, 0.5) is 36.3 Å². The summed E-state index contributed by atoms with van der Waals surface area (Å²) in [7, 11) is 2.11. The SMILES string of the molecule is CCc1cc(N2CCN(C)CC2)ccc1Nc1ncc(C(F)(F)F)c(NCCCN2CCOCCC2=O)n1. The van der Waals surface area contributed by atoms with E-state index in [1.807, 2.05) is 19.1 Å². The van der Waals surface area contributed by atoms with E-state index in [0.29, 0.717) is 39.1 Å². The minimum absolute atomic E-state index is 0.00243. The number of aryl methyl sites for hydroxylation is 1. The lowest BCUT2D eigenvalue weighted by Crippen LogP contribution is -2.44. The van der Waals surface area contributed by atoms with Crippen molar-refractivity contribution >= 4 is 29.0 Å². The van der Waals surface area contributed by atoms with Gasteiger partial charge >= 0.3 is 6.18 Å². The first kappa shape index (κ1) is 27.9. The molecule has 38 heavy (non-hydrogen) atoms. The molecule has 1 amide bonds. The smallest absolute Gasteiger partial charge is 0.379 e. The van der Waals surface area contributed by atoms with Gasteiger partial charge in [-0.25, -0.2) is 4.98 Å². The number of anilines is 4. The molecule has 0 unspecified atom stereocenters. The van der Waals surface area contributed by atoms with E-state index in [2.05, 4.69) is 43.5 Å². The van der Waals surface area contributed by atoms with Crippen LogP contribution >= 0.6 is 0 Å². The monoisotopic (exact) mass is 535 g/mol. The van der Waals surface area contributed by atoms with Crippen LogP contribution in [-0.4, -0.2) is 91.7 Å². The summed E-state index contributed by atoms with van der Waals surface area (Å²) in [6.45, 7) is 7.95. The topological polar surface area (TPSA) is 85.9 Å². The summed E-state index contributed by atoms with van der Waals surface area (Å²) in [5.74, 6) is -0.201. The summed E-state index contributed by atoms with van der Waals surface area (Å²) in [5, 5.41) is 5.92. The zero-order valence-electron chi connectivity index (χ0n) is 22.0. The predicted molar refractivity (Wildman–Crippen MR) is 141 cm³/mol. The Morgan fingerprint density at radius 2 is 1.89 bits per heavy atom. The lowest BCUT2D eigenvalue weighted by atomic mass is 10.1. The van der Waals surface area contributed by atoms with Gasteiger partial charge in [0, 0.05) is 63.4 Å². The van der Waals surface area contributed by atoms with Crippen LogP contribution in [-0.2, 0) is 22.1 Å². The fourth-order valence-corrected chi connectivity index (χ4v) is 4.59. The summed E-state index contributed by atoms with van der Waals surface area (Å²) < 4.78 is 46.3. The lowest BCUT2D eigenvalue weighted by molar-refractivity contribution is -0.137. The lowest BCUT2D eigenvalue weighted by Gasteiger charge is -2.34. The zero-order valence-corrected chi connectivity index (χ0v) is 22.0. The van der Waals surface area contributed by atoms with Crippen LogP contribution in [0, 0.1) is 0 Å². The molecule has 0 bridgehead atoms. The van der Waals surface area contributed by atoms with Gasteiger partial charge in [-0.15, -0.1) is 0 Å². The molecule has 0 spiro atoms. The minimum atomic E-state index is -4.60. The molecule has 1 aromatic carbocycles. The zero-order chi connectivity index (χ0) is 27.1. The van der Waals surface area contributed by atoms with Crippen molar-refractivity contribution in [3.63, 3.8) is 0 Å². The number of piperazine rings is 1. The van der Waals surface area contributed by atoms with Gasteiger partial charge < -0.3 is 30.1 Å². The summed E-state index contributed by atoms with van der Waals surface area (Å²) in [6, 6.07) is 6.07. The largest absolute Gasteiger partial charge is 0.421 e. The molecule has 2 fully saturated rings. The number of aromatic nitrogens is 2. The Labute approximate surface area is 221 Å². The molecule has 2 aliphatic rings. The number of nitrogens with one attached hydrogen (secondary N) is 2. The van der Waals surface area contributed by atoms with Crippen molar-refractivity contribution in [2.24, 2.45) is 0 Å². The van der Waals surface area contributed by atoms with Crippen molar-refractivity contribution in [2.45, 2.75) is 32.4 Å². The molecule has 208 valence electrons. The maximum absolute atomic E-state index is 13.7. The van der Waals surface area contributed by atoms with E-state index >= 15 is 0 Å². The second kappa shape index (κ2) is 12.6. The van der Waals surface area contributed by atoms with Crippen LogP contribution in [0.5, 0.6) is 0 Å². The number of benzene rings is 1. The fourth-order valence-electron chi connectivity index (χ4n) is 4.59. The molecule has 0 radical (unpaired) electrons. The average molecular weight is 536 g/mol. The van der Waals surface area contributed by atoms with Crippen LogP contribution in [0.25, 0.3) is 0 Å². The van der Waals surface area contributed by atoms with Crippen molar-refractivity contribution in [1.29, 1.82) is 0 Å². The molecule has 2 aromatic rings. The number of halogens is 3. The van der Waals surface area contributed by atoms with E-state index in [9.17, 15) is 18.0 Å². The normalized spacial score (nSPS) is 17.4. The molecule has 2 saturated heterocycles. The highest BCUT2D eigenvalue weighted by Gasteiger charge is 2.35. The highest BCUT2D eigenvalue weighted by atomic mass is 19.4. The van der Waals surface area contributed by atoms with Crippen molar-refractivity contribution in [1.82, 2.24) is 19.8 Å². The van der Waals surface area contributed by atoms with Gasteiger partial charge in [0.05, 0.1) is 19.6 Å². The molecule has 0 atom stereocenters. The van der Waals surface area contributed by atoms with Crippen LogP contribution in [0.15, 0.2) is 24.4 Å². The Kier molecular flexibility index (Phi) is 9.26. The first-order valence-electron chi connectivity index (χ1n) is 13.1. The molecule has 2 N–H and O–H groups in total. The van der Waals surface area contributed by atoms with Crippen LogP contribution in [0.1, 0.15) is 30.9 Å². The number of ether oxygens (including phenoxy) is 1. The van der Waals surface area contributed by atoms with Crippen molar-refractivity contribution in [2.75, 3.05) is 81.6 Å². The molecule has 0 saturated carbocycles. The van der Waals surface area contributed by atoms with Crippen LogP contribution < -0.4 is 15.5 Å². The maximum Gasteiger partial charge on any atom is 0.421 e. The average Bonchev–Trinajstić information content (AvgIpc) is 3.10. The molecular formula is C26H36F3N7O2. The standard InChI is InChI=1S/C26H36F3N7O2/c1-3-19-17-20(35-12-10-34(2)11-13-35)5-6-22(19)32-25-31-18-21(26(27,28)29)24(33-25)30-8-4-9-36-14-16-38-15-7-23(36)37/h5-6,17-18H,3-4,7-16H2,1-2H3,(H2,30,31,32,33). The van der Waals surface area contributed by atoms with Crippen molar-refractivity contribution in [3.05, 3.63) is 35.5 Å². The van der Waals surface area contributed by atoms with Gasteiger partial charge in [0.2, 0.25) is 11.9 Å². The summed E-state index contributed by atoms with van der Waals surface area (Å²) in [6.07, 6.45) is -2.25. The summed E-state index contributed by atoms with van der Waals surface area (Å²) >= 11 is 0. The number of likely N-dealkylation sites (N-methyl/N-ethyl adjacent to an activating group) is 1. The second-order valence-corrected chi connectivity index (χ2v) is 9.59. The number of hydrogen-bond donors (Lipinski definition) is 2. The van der Waals surface area contributed by atoms with E-state index in [1.54, 1.807) is 4.90 Å². The van der Waals surface area contributed by atoms with Gasteiger partial charge in [0.15, 0.2) is 0 Å². The highest BCUT2D eigenvalue weighted by Crippen LogP contribution is 2.34. The third kappa shape index (κ3) is 7.25. The van der Waals surface area contributed by atoms with Gasteiger partial charge in [-0.05, 0) is 43.7 Å².